The third-order valence-electron chi connectivity index (χ3n) is 3.79. The summed E-state index contributed by atoms with van der Waals surface area (Å²) in [6.07, 6.45) is 4.45. The normalized spacial score (nSPS) is 31.7. The van der Waals surface area contributed by atoms with Gasteiger partial charge in [0.1, 0.15) is 0 Å². The van der Waals surface area contributed by atoms with E-state index < -0.39 is 0 Å². The van der Waals surface area contributed by atoms with Gasteiger partial charge in [0, 0.05) is 25.6 Å². The Morgan fingerprint density at radius 2 is 2.13 bits per heavy atom. The van der Waals surface area contributed by atoms with Crippen molar-refractivity contribution in [3.8, 4) is 0 Å². The van der Waals surface area contributed by atoms with Crippen LogP contribution in [0.4, 0.5) is 0 Å². The second-order valence-electron chi connectivity index (χ2n) is 5.15. The van der Waals surface area contributed by atoms with Gasteiger partial charge in [0.15, 0.2) is 0 Å². The lowest BCUT2D eigenvalue weighted by atomic mass is 9.94. The molecule has 1 N–H and O–H groups in total. The van der Waals surface area contributed by atoms with Gasteiger partial charge in [-0.05, 0) is 38.1 Å². The number of likely N-dealkylation sites (tertiary alicyclic amines) is 1. The molecule has 1 saturated heterocycles. The van der Waals surface area contributed by atoms with Gasteiger partial charge in [0.25, 0.3) is 0 Å². The van der Waals surface area contributed by atoms with Gasteiger partial charge in [0.05, 0.1) is 0 Å². The summed E-state index contributed by atoms with van der Waals surface area (Å²) in [5, 5.41) is 3.33. The lowest BCUT2D eigenvalue weighted by Gasteiger charge is -2.36. The smallest absolute Gasteiger partial charge is 0.222 e. The van der Waals surface area contributed by atoms with Crippen LogP contribution in [0.15, 0.2) is 0 Å². The minimum absolute atomic E-state index is 0.388. The highest BCUT2D eigenvalue weighted by molar-refractivity contribution is 5.76. The number of hydrogen-bond donors (Lipinski definition) is 1. The Morgan fingerprint density at radius 3 is 2.67 bits per heavy atom. The van der Waals surface area contributed by atoms with Crippen molar-refractivity contribution in [1.82, 2.24) is 10.2 Å². The maximum absolute atomic E-state index is 11.9. The van der Waals surface area contributed by atoms with E-state index in [9.17, 15) is 4.79 Å². The van der Waals surface area contributed by atoms with Crippen molar-refractivity contribution in [1.29, 1.82) is 0 Å². The topological polar surface area (TPSA) is 32.3 Å². The molecule has 0 aromatic carbocycles. The molecule has 86 valence electrons. The number of rotatable bonds is 3. The summed E-state index contributed by atoms with van der Waals surface area (Å²) in [6, 6.07) is 0.593. The summed E-state index contributed by atoms with van der Waals surface area (Å²) >= 11 is 0. The lowest BCUT2D eigenvalue weighted by molar-refractivity contribution is -0.133. The maximum Gasteiger partial charge on any atom is 0.222 e. The lowest BCUT2D eigenvalue weighted by Crippen LogP contribution is -2.49. The zero-order chi connectivity index (χ0) is 10.8. The van der Waals surface area contributed by atoms with Crippen molar-refractivity contribution >= 4 is 5.91 Å². The molecule has 0 aromatic heterocycles. The summed E-state index contributed by atoms with van der Waals surface area (Å²) in [7, 11) is 2.02. The van der Waals surface area contributed by atoms with E-state index in [1.807, 2.05) is 7.05 Å². The van der Waals surface area contributed by atoms with Crippen LogP contribution in [0.25, 0.3) is 0 Å². The van der Waals surface area contributed by atoms with E-state index in [1.54, 1.807) is 0 Å². The van der Waals surface area contributed by atoms with Crippen LogP contribution in [0, 0.1) is 11.8 Å². The van der Waals surface area contributed by atoms with Crippen LogP contribution in [-0.4, -0.2) is 37.0 Å². The molecule has 0 radical (unpaired) electrons. The summed E-state index contributed by atoms with van der Waals surface area (Å²) in [5.41, 5.74) is 0. The molecule has 0 bridgehead atoms. The molecule has 0 spiro atoms. The molecule has 15 heavy (non-hydrogen) atoms. The summed E-state index contributed by atoms with van der Waals surface area (Å²) in [6.45, 7) is 4.12. The molecule has 1 amide bonds. The molecule has 1 aliphatic heterocycles. The minimum atomic E-state index is 0.388. The van der Waals surface area contributed by atoms with E-state index in [1.165, 1.54) is 12.8 Å². The Bertz CT molecular complexity index is 238. The van der Waals surface area contributed by atoms with Gasteiger partial charge in [-0.25, -0.2) is 0 Å². The quantitative estimate of drug-likeness (QED) is 0.760. The standard InChI is InChI=1S/C12H22N2O/c1-9-8-14(6-5-11(9)13-2)12(15)7-10-3-4-10/h9-11,13H,3-8H2,1-2H3. The largest absolute Gasteiger partial charge is 0.342 e. The minimum Gasteiger partial charge on any atom is -0.342 e. The number of nitrogens with zero attached hydrogens (tertiary/aromatic N) is 1. The van der Waals surface area contributed by atoms with E-state index in [0.717, 1.165) is 31.8 Å². The number of carbonyl (C=O) groups is 1. The van der Waals surface area contributed by atoms with E-state index in [4.69, 9.17) is 0 Å². The first-order valence-corrected chi connectivity index (χ1v) is 6.15. The zero-order valence-corrected chi connectivity index (χ0v) is 9.83. The predicted molar refractivity (Wildman–Crippen MR) is 60.5 cm³/mol. The highest BCUT2D eigenvalue weighted by Crippen LogP contribution is 2.33. The molecule has 2 aliphatic rings. The SMILES string of the molecule is CNC1CCN(C(=O)CC2CC2)CC1C. The molecule has 2 atom stereocenters. The molecule has 1 heterocycles. The Balaban J connectivity index is 1.81. The zero-order valence-electron chi connectivity index (χ0n) is 9.83. The van der Waals surface area contributed by atoms with Crippen molar-refractivity contribution in [2.75, 3.05) is 20.1 Å². The Labute approximate surface area is 92.2 Å². The fraction of sp³-hybridized carbons (Fsp3) is 0.917. The second kappa shape index (κ2) is 4.52. The Morgan fingerprint density at radius 1 is 1.40 bits per heavy atom. The van der Waals surface area contributed by atoms with Crippen molar-refractivity contribution < 1.29 is 4.79 Å². The average Bonchev–Trinajstić information content (AvgIpc) is 3.01. The van der Waals surface area contributed by atoms with Crippen molar-refractivity contribution in [2.24, 2.45) is 11.8 Å². The highest BCUT2D eigenvalue weighted by Gasteiger charge is 2.31. The van der Waals surface area contributed by atoms with Gasteiger partial charge in [-0.15, -0.1) is 0 Å². The second-order valence-corrected chi connectivity index (χ2v) is 5.15. The number of nitrogens with one attached hydrogen (secondary N) is 1. The maximum atomic E-state index is 11.9. The van der Waals surface area contributed by atoms with Crippen molar-refractivity contribution in [3.63, 3.8) is 0 Å². The molecule has 3 heteroatoms. The van der Waals surface area contributed by atoms with Crippen molar-refractivity contribution in [2.45, 2.75) is 38.6 Å². The van der Waals surface area contributed by atoms with Gasteiger partial charge >= 0.3 is 0 Å². The van der Waals surface area contributed by atoms with Crippen LogP contribution >= 0.6 is 0 Å². The first-order chi connectivity index (χ1) is 7.20. The molecule has 0 aromatic rings. The first-order valence-electron chi connectivity index (χ1n) is 6.15. The summed E-state index contributed by atoms with van der Waals surface area (Å²) in [4.78, 5) is 14.0. The van der Waals surface area contributed by atoms with Crippen LogP contribution < -0.4 is 5.32 Å². The molecule has 2 fully saturated rings. The molecule has 1 saturated carbocycles. The number of hydrogen-bond acceptors (Lipinski definition) is 2. The summed E-state index contributed by atoms with van der Waals surface area (Å²) < 4.78 is 0. The van der Waals surface area contributed by atoms with Crippen LogP contribution in [0.5, 0.6) is 0 Å². The molecule has 1 aliphatic carbocycles. The third kappa shape index (κ3) is 2.71. The van der Waals surface area contributed by atoms with E-state index in [0.29, 0.717) is 17.9 Å². The number of piperidine rings is 1. The fourth-order valence-corrected chi connectivity index (χ4v) is 2.50. The number of carbonyl (C=O) groups excluding carboxylic acids is 1. The molecular weight excluding hydrogens is 188 g/mol. The van der Waals surface area contributed by atoms with Gasteiger partial charge in [-0.2, -0.15) is 0 Å². The number of amides is 1. The van der Waals surface area contributed by atoms with Crippen LogP contribution in [-0.2, 0) is 4.79 Å². The van der Waals surface area contributed by atoms with Gasteiger partial charge in [-0.3, -0.25) is 4.79 Å². The first kappa shape index (κ1) is 10.9. The Hall–Kier alpha value is -0.570. The summed E-state index contributed by atoms with van der Waals surface area (Å²) in [5.74, 6) is 1.70. The van der Waals surface area contributed by atoms with E-state index in [-0.39, 0.29) is 0 Å². The van der Waals surface area contributed by atoms with E-state index >= 15 is 0 Å². The van der Waals surface area contributed by atoms with Crippen LogP contribution in [0.2, 0.25) is 0 Å². The average molecular weight is 210 g/mol. The van der Waals surface area contributed by atoms with Gasteiger partial charge in [0.2, 0.25) is 5.91 Å². The monoisotopic (exact) mass is 210 g/mol. The molecular formula is C12H22N2O. The Kier molecular flexibility index (Phi) is 3.29. The van der Waals surface area contributed by atoms with E-state index in [2.05, 4.69) is 17.1 Å². The fourth-order valence-electron chi connectivity index (χ4n) is 2.50. The van der Waals surface area contributed by atoms with Crippen molar-refractivity contribution in [3.05, 3.63) is 0 Å². The molecule has 2 rings (SSSR count). The molecule has 3 nitrogen and oxygen atoms in total. The van der Waals surface area contributed by atoms with Gasteiger partial charge in [-0.1, -0.05) is 6.92 Å². The van der Waals surface area contributed by atoms with Gasteiger partial charge < -0.3 is 10.2 Å². The van der Waals surface area contributed by atoms with Crippen LogP contribution in [0.3, 0.4) is 0 Å². The van der Waals surface area contributed by atoms with Crippen LogP contribution in [0.1, 0.15) is 32.6 Å². The third-order valence-corrected chi connectivity index (χ3v) is 3.79. The highest BCUT2D eigenvalue weighted by atomic mass is 16.2. The molecule has 2 unspecified atom stereocenters. The predicted octanol–water partition coefficient (Wildman–Crippen LogP) is 1.24.